The Labute approximate surface area is 122 Å². The minimum atomic E-state index is -0.345. The molecule has 0 aliphatic carbocycles. The van der Waals surface area contributed by atoms with Crippen molar-refractivity contribution >= 4 is 17.4 Å². The van der Waals surface area contributed by atoms with Crippen LogP contribution in [-0.4, -0.2) is 29.5 Å². The number of nitrogens with one attached hydrogen (secondary N) is 2. The van der Waals surface area contributed by atoms with Crippen molar-refractivity contribution in [2.24, 2.45) is 0 Å². The van der Waals surface area contributed by atoms with Crippen molar-refractivity contribution in [2.75, 3.05) is 24.3 Å². The second-order valence-corrected chi connectivity index (χ2v) is 4.11. The van der Waals surface area contributed by atoms with Crippen LogP contribution in [0.1, 0.15) is 10.5 Å². The average molecular weight is 284 g/mol. The van der Waals surface area contributed by atoms with E-state index in [1.165, 1.54) is 12.4 Å². The number of carbonyl (C=O) groups excluding carboxylic acids is 1. The Bertz CT molecular complexity index is 626. The summed E-state index contributed by atoms with van der Waals surface area (Å²) >= 11 is 0. The topological polar surface area (TPSA) is 76.1 Å². The molecule has 0 saturated carbocycles. The molecule has 21 heavy (non-hydrogen) atoms. The summed E-state index contributed by atoms with van der Waals surface area (Å²) in [5, 5.41) is 5.72. The zero-order valence-corrected chi connectivity index (χ0v) is 11.7. The maximum atomic E-state index is 12.1. The predicted molar refractivity (Wildman–Crippen MR) is 81.7 cm³/mol. The highest BCUT2D eigenvalue weighted by molar-refractivity contribution is 6.03. The third kappa shape index (κ3) is 3.79. The first-order valence-corrected chi connectivity index (χ1v) is 6.35. The van der Waals surface area contributed by atoms with Crippen LogP contribution in [0.2, 0.25) is 0 Å². The lowest BCUT2D eigenvalue weighted by Gasteiger charge is -2.09. The lowest BCUT2D eigenvalue weighted by molar-refractivity contribution is 0.102. The molecule has 0 aliphatic rings. The number of rotatable bonds is 6. The Morgan fingerprint density at radius 3 is 2.81 bits per heavy atom. The molecule has 108 valence electrons. The van der Waals surface area contributed by atoms with Crippen LogP contribution in [-0.2, 0) is 0 Å². The molecule has 6 heteroatoms. The maximum Gasteiger partial charge on any atom is 0.275 e. The SMILES string of the molecule is C=CCNc1cnc(C(=O)Nc2ccccc2OC)cn1. The van der Waals surface area contributed by atoms with Crippen molar-refractivity contribution in [3.63, 3.8) is 0 Å². The zero-order valence-electron chi connectivity index (χ0n) is 11.7. The highest BCUT2D eigenvalue weighted by Gasteiger charge is 2.11. The third-order valence-corrected chi connectivity index (χ3v) is 2.67. The van der Waals surface area contributed by atoms with E-state index in [9.17, 15) is 4.79 Å². The summed E-state index contributed by atoms with van der Waals surface area (Å²) < 4.78 is 5.18. The first-order chi connectivity index (χ1) is 10.2. The smallest absolute Gasteiger partial charge is 0.275 e. The van der Waals surface area contributed by atoms with Crippen LogP contribution in [0, 0.1) is 0 Å². The van der Waals surface area contributed by atoms with Crippen LogP contribution in [0.3, 0.4) is 0 Å². The minimum absolute atomic E-state index is 0.227. The van der Waals surface area contributed by atoms with E-state index in [2.05, 4.69) is 27.2 Å². The summed E-state index contributed by atoms with van der Waals surface area (Å²) in [5.74, 6) is 0.828. The van der Waals surface area contributed by atoms with Gasteiger partial charge in [-0.05, 0) is 12.1 Å². The Morgan fingerprint density at radius 2 is 2.14 bits per heavy atom. The predicted octanol–water partition coefficient (Wildman–Crippen LogP) is 2.34. The number of hydrogen-bond donors (Lipinski definition) is 2. The number of methoxy groups -OCH3 is 1. The van der Waals surface area contributed by atoms with Crippen LogP contribution in [0.25, 0.3) is 0 Å². The third-order valence-electron chi connectivity index (χ3n) is 2.67. The quantitative estimate of drug-likeness (QED) is 0.796. The summed E-state index contributed by atoms with van der Waals surface area (Å²) in [6.45, 7) is 4.18. The summed E-state index contributed by atoms with van der Waals surface area (Å²) in [7, 11) is 1.55. The number of carbonyl (C=O) groups is 1. The van der Waals surface area contributed by atoms with Gasteiger partial charge in [0.2, 0.25) is 0 Å². The average Bonchev–Trinajstić information content (AvgIpc) is 2.54. The molecule has 0 saturated heterocycles. The van der Waals surface area contributed by atoms with E-state index in [1.807, 2.05) is 12.1 Å². The van der Waals surface area contributed by atoms with Crippen molar-refractivity contribution in [1.29, 1.82) is 0 Å². The summed E-state index contributed by atoms with van der Waals surface area (Å²) in [6.07, 6.45) is 4.63. The van der Waals surface area contributed by atoms with E-state index in [0.29, 0.717) is 23.8 Å². The van der Waals surface area contributed by atoms with Gasteiger partial charge in [-0.3, -0.25) is 4.79 Å². The number of hydrogen-bond acceptors (Lipinski definition) is 5. The molecule has 0 aliphatic heterocycles. The fourth-order valence-electron chi connectivity index (χ4n) is 1.65. The van der Waals surface area contributed by atoms with Gasteiger partial charge in [-0.1, -0.05) is 18.2 Å². The molecule has 2 N–H and O–H groups in total. The van der Waals surface area contributed by atoms with Crippen LogP contribution in [0.15, 0.2) is 49.3 Å². The maximum absolute atomic E-state index is 12.1. The molecule has 6 nitrogen and oxygen atoms in total. The minimum Gasteiger partial charge on any atom is -0.495 e. The van der Waals surface area contributed by atoms with E-state index in [-0.39, 0.29) is 11.6 Å². The monoisotopic (exact) mass is 284 g/mol. The lowest BCUT2D eigenvalue weighted by atomic mass is 10.3. The van der Waals surface area contributed by atoms with Crippen LogP contribution < -0.4 is 15.4 Å². The van der Waals surface area contributed by atoms with Gasteiger partial charge in [0.1, 0.15) is 17.3 Å². The molecule has 0 spiro atoms. The fourth-order valence-corrected chi connectivity index (χ4v) is 1.65. The second-order valence-electron chi connectivity index (χ2n) is 4.11. The van der Waals surface area contributed by atoms with Crippen molar-refractivity contribution in [2.45, 2.75) is 0 Å². The largest absolute Gasteiger partial charge is 0.495 e. The number of amides is 1. The van der Waals surface area contributed by atoms with Gasteiger partial charge < -0.3 is 15.4 Å². The van der Waals surface area contributed by atoms with E-state index >= 15 is 0 Å². The number of nitrogens with zero attached hydrogens (tertiary/aromatic N) is 2. The Balaban J connectivity index is 2.07. The zero-order chi connectivity index (χ0) is 15.1. The van der Waals surface area contributed by atoms with Gasteiger partial charge in [0.05, 0.1) is 25.2 Å². The van der Waals surface area contributed by atoms with E-state index in [0.717, 1.165) is 0 Å². The normalized spacial score (nSPS) is 9.76. The van der Waals surface area contributed by atoms with Gasteiger partial charge in [0, 0.05) is 6.54 Å². The molecule has 1 heterocycles. The molecule has 1 aromatic carbocycles. The fraction of sp³-hybridized carbons (Fsp3) is 0.133. The number of anilines is 2. The molecular formula is C15H16N4O2. The molecule has 1 aromatic heterocycles. The van der Waals surface area contributed by atoms with Crippen molar-refractivity contribution < 1.29 is 9.53 Å². The Kier molecular flexibility index (Phi) is 4.87. The van der Waals surface area contributed by atoms with Gasteiger partial charge >= 0.3 is 0 Å². The number of para-hydroxylation sites is 2. The first-order valence-electron chi connectivity index (χ1n) is 6.35. The van der Waals surface area contributed by atoms with Gasteiger partial charge in [-0.2, -0.15) is 0 Å². The molecular weight excluding hydrogens is 268 g/mol. The number of aromatic nitrogens is 2. The highest BCUT2D eigenvalue weighted by Crippen LogP contribution is 2.23. The van der Waals surface area contributed by atoms with Crippen LogP contribution in [0.4, 0.5) is 11.5 Å². The summed E-state index contributed by atoms with van der Waals surface area (Å²) in [4.78, 5) is 20.3. The van der Waals surface area contributed by atoms with Crippen LogP contribution >= 0.6 is 0 Å². The van der Waals surface area contributed by atoms with Crippen molar-refractivity contribution in [1.82, 2.24) is 9.97 Å². The second kappa shape index (κ2) is 7.04. The molecule has 0 fully saturated rings. The van der Waals surface area contributed by atoms with Crippen molar-refractivity contribution in [3.8, 4) is 5.75 Å². The lowest BCUT2D eigenvalue weighted by Crippen LogP contribution is -2.15. The van der Waals surface area contributed by atoms with Gasteiger partial charge in [0.15, 0.2) is 0 Å². The number of benzene rings is 1. The Morgan fingerprint density at radius 1 is 1.33 bits per heavy atom. The standard InChI is InChI=1S/C15H16N4O2/c1-3-8-16-14-10-17-12(9-18-14)15(20)19-11-6-4-5-7-13(11)21-2/h3-7,9-10H,1,8H2,2H3,(H,16,18)(H,19,20). The highest BCUT2D eigenvalue weighted by atomic mass is 16.5. The summed E-state index contributed by atoms with van der Waals surface area (Å²) in [5.41, 5.74) is 0.811. The molecule has 0 bridgehead atoms. The molecule has 2 rings (SSSR count). The molecule has 1 amide bonds. The van der Waals surface area contributed by atoms with E-state index in [1.54, 1.807) is 25.3 Å². The molecule has 2 aromatic rings. The van der Waals surface area contributed by atoms with E-state index in [4.69, 9.17) is 4.74 Å². The molecule has 0 radical (unpaired) electrons. The van der Waals surface area contributed by atoms with Gasteiger partial charge in [0.25, 0.3) is 5.91 Å². The summed E-state index contributed by atoms with van der Waals surface area (Å²) in [6, 6.07) is 7.16. The Hall–Kier alpha value is -2.89. The first kappa shape index (κ1) is 14.5. The van der Waals surface area contributed by atoms with Gasteiger partial charge in [-0.15, -0.1) is 6.58 Å². The number of ether oxygens (including phenoxy) is 1. The van der Waals surface area contributed by atoms with Crippen molar-refractivity contribution in [3.05, 3.63) is 55.0 Å². The van der Waals surface area contributed by atoms with Gasteiger partial charge in [-0.25, -0.2) is 9.97 Å². The molecule has 0 atom stereocenters. The van der Waals surface area contributed by atoms with E-state index < -0.39 is 0 Å². The van der Waals surface area contributed by atoms with Crippen LogP contribution in [0.5, 0.6) is 5.75 Å². The molecule has 0 unspecified atom stereocenters.